The molecular formula is C26H35N3O4S4. The smallest absolute Gasteiger partial charge is 0.265 e. The molecule has 0 bridgehead atoms. The van der Waals surface area contributed by atoms with Gasteiger partial charge in [-0.25, -0.2) is 13.4 Å². The number of rotatable bonds is 8. The van der Waals surface area contributed by atoms with Crippen LogP contribution in [0.3, 0.4) is 0 Å². The number of thiol groups is 2. The summed E-state index contributed by atoms with van der Waals surface area (Å²) in [5.41, 5.74) is 2.88. The Bertz CT molecular complexity index is 1300. The third kappa shape index (κ3) is 7.14. The average Bonchev–Trinajstić information content (AvgIpc) is 3.25. The lowest BCUT2D eigenvalue weighted by Crippen LogP contribution is -2.42. The molecule has 3 aromatic rings. The molecule has 2 N–H and O–H groups in total. The molecule has 0 aliphatic carbocycles. The van der Waals surface area contributed by atoms with Gasteiger partial charge in [0.05, 0.1) is 23.4 Å². The number of ether oxygens (including phenoxy) is 2. The summed E-state index contributed by atoms with van der Waals surface area (Å²) in [6.07, 6.45) is 2.04. The summed E-state index contributed by atoms with van der Waals surface area (Å²) in [4.78, 5) is 5.77. The second-order valence-corrected chi connectivity index (χ2v) is 12.1. The van der Waals surface area contributed by atoms with Gasteiger partial charge in [-0.15, -0.1) is 23.3 Å². The highest BCUT2D eigenvalue weighted by molar-refractivity contribution is 8.59. The van der Waals surface area contributed by atoms with Crippen LogP contribution < -0.4 is 14.8 Å². The predicted octanol–water partition coefficient (Wildman–Crippen LogP) is 6.61. The van der Waals surface area contributed by atoms with Gasteiger partial charge < -0.3 is 14.8 Å². The van der Waals surface area contributed by atoms with Crippen LogP contribution in [0.15, 0.2) is 47.4 Å². The number of nitrogens with one attached hydrogen (secondary N) is 2. The molecule has 11 heteroatoms. The van der Waals surface area contributed by atoms with Crippen molar-refractivity contribution in [3.8, 4) is 16.2 Å². The van der Waals surface area contributed by atoms with E-state index in [1.54, 1.807) is 24.3 Å². The zero-order chi connectivity index (χ0) is 27.2. The highest BCUT2D eigenvalue weighted by Gasteiger charge is 2.32. The molecule has 0 radical (unpaired) electrons. The Labute approximate surface area is 234 Å². The molecular weight excluding hydrogens is 547 g/mol. The van der Waals surface area contributed by atoms with Crippen LogP contribution in [0.25, 0.3) is 10.4 Å². The zero-order valence-electron chi connectivity index (χ0n) is 21.7. The lowest BCUT2D eigenvalue weighted by atomic mass is 9.82. The highest BCUT2D eigenvalue weighted by Crippen LogP contribution is 2.39. The Morgan fingerprint density at radius 3 is 2.43 bits per heavy atom. The monoisotopic (exact) mass is 581 g/mol. The third-order valence-corrected chi connectivity index (χ3v) is 9.08. The van der Waals surface area contributed by atoms with Gasteiger partial charge in [0.25, 0.3) is 10.0 Å². The van der Waals surface area contributed by atoms with E-state index in [4.69, 9.17) is 14.5 Å². The normalized spacial score (nSPS) is 14.5. The first kappa shape index (κ1) is 29.6. The number of methoxy groups -OCH3 is 1. The SMILES string of the molecule is COc1ccc(-c2sc(NC(C)(C)C3CCOCC3)nc2C)cc1S(=O)(=O)Nc1ccccc1C.SS. The topological polar surface area (TPSA) is 89.5 Å². The first-order valence-electron chi connectivity index (χ1n) is 11.9. The molecule has 7 nitrogen and oxygen atoms in total. The lowest BCUT2D eigenvalue weighted by Gasteiger charge is -2.37. The summed E-state index contributed by atoms with van der Waals surface area (Å²) in [5, 5.41) is 4.45. The van der Waals surface area contributed by atoms with Gasteiger partial charge in [-0.1, -0.05) is 29.5 Å². The van der Waals surface area contributed by atoms with Crippen LogP contribution in [0.4, 0.5) is 10.8 Å². The number of para-hydroxylation sites is 1. The van der Waals surface area contributed by atoms with Crippen molar-refractivity contribution in [2.24, 2.45) is 5.92 Å². The van der Waals surface area contributed by atoms with E-state index < -0.39 is 10.0 Å². The Hall–Kier alpha value is -1.92. The molecule has 4 rings (SSSR count). The van der Waals surface area contributed by atoms with Crippen molar-refractivity contribution < 1.29 is 17.9 Å². The molecule has 202 valence electrons. The summed E-state index contributed by atoms with van der Waals surface area (Å²) in [5.74, 6) is 0.783. The number of sulfonamides is 1. The molecule has 0 saturated carbocycles. The molecule has 0 amide bonds. The van der Waals surface area contributed by atoms with E-state index in [-0.39, 0.29) is 16.2 Å². The molecule has 1 aliphatic heterocycles. The molecule has 1 aliphatic rings. The Kier molecular flexibility index (Phi) is 10.2. The second-order valence-electron chi connectivity index (χ2n) is 9.45. The number of hydrogen-bond acceptors (Lipinski definition) is 9. The van der Waals surface area contributed by atoms with Crippen LogP contribution in [0.2, 0.25) is 0 Å². The molecule has 37 heavy (non-hydrogen) atoms. The maximum Gasteiger partial charge on any atom is 0.265 e. The van der Waals surface area contributed by atoms with Crippen LogP contribution in [0.5, 0.6) is 5.75 Å². The summed E-state index contributed by atoms with van der Waals surface area (Å²) in [6.45, 7) is 9.80. The number of benzene rings is 2. The summed E-state index contributed by atoms with van der Waals surface area (Å²) >= 11 is 7.98. The van der Waals surface area contributed by atoms with Crippen molar-refractivity contribution in [1.82, 2.24) is 4.98 Å². The summed E-state index contributed by atoms with van der Waals surface area (Å²) < 4.78 is 40.3. The number of nitrogens with zero attached hydrogens (tertiary/aromatic N) is 1. The molecule has 1 saturated heterocycles. The molecule has 1 aromatic heterocycles. The molecule has 0 atom stereocenters. The van der Waals surface area contributed by atoms with Crippen molar-refractivity contribution in [3.63, 3.8) is 0 Å². The minimum absolute atomic E-state index is 0.0885. The average molecular weight is 582 g/mol. The van der Waals surface area contributed by atoms with Crippen molar-refractivity contribution in [1.29, 1.82) is 0 Å². The van der Waals surface area contributed by atoms with Crippen molar-refractivity contribution in [2.75, 3.05) is 30.4 Å². The van der Waals surface area contributed by atoms with Gasteiger partial charge in [-0.3, -0.25) is 4.72 Å². The van der Waals surface area contributed by atoms with Gasteiger partial charge >= 0.3 is 0 Å². The fraction of sp³-hybridized carbons (Fsp3) is 0.423. The molecule has 0 unspecified atom stereocenters. The molecule has 0 spiro atoms. The van der Waals surface area contributed by atoms with Crippen LogP contribution in [-0.2, 0) is 14.8 Å². The second kappa shape index (κ2) is 12.8. The van der Waals surface area contributed by atoms with Crippen molar-refractivity contribution in [3.05, 3.63) is 53.7 Å². The van der Waals surface area contributed by atoms with Crippen LogP contribution in [0.1, 0.15) is 37.9 Å². The molecule has 2 heterocycles. The maximum absolute atomic E-state index is 13.3. The van der Waals surface area contributed by atoms with Gasteiger partial charge in [0, 0.05) is 18.8 Å². The van der Waals surface area contributed by atoms with Gasteiger partial charge in [-0.05, 0) is 81.8 Å². The quantitative estimate of drug-likeness (QED) is 0.177. The standard InChI is InChI=1S/C26H33N3O4S2.H2S2/c1-17-8-6-7-9-21(17)29-35(30,31)23-16-19(10-11-22(23)32-5)24-18(2)27-25(34-24)28-26(3,4)20-12-14-33-15-13-20;1-2/h6-11,16,20,29H,12-15H2,1-5H3,(H,27,28);1-2H. The van der Waals surface area contributed by atoms with Crippen LogP contribution in [-0.4, -0.2) is 39.3 Å². The van der Waals surface area contributed by atoms with Gasteiger partial charge in [0.2, 0.25) is 0 Å². The number of aryl methyl sites for hydroxylation is 2. The summed E-state index contributed by atoms with van der Waals surface area (Å²) in [7, 11) is -2.40. The van der Waals surface area contributed by atoms with E-state index in [0.717, 1.165) is 52.9 Å². The van der Waals surface area contributed by atoms with E-state index in [0.29, 0.717) is 11.6 Å². The number of aromatic nitrogens is 1. The maximum atomic E-state index is 13.3. The van der Waals surface area contributed by atoms with Gasteiger partial charge in [-0.2, -0.15) is 0 Å². The highest BCUT2D eigenvalue weighted by atomic mass is 33.1. The predicted molar refractivity (Wildman–Crippen MR) is 160 cm³/mol. The first-order chi connectivity index (χ1) is 17.6. The Morgan fingerprint density at radius 1 is 1.11 bits per heavy atom. The summed E-state index contributed by atoms with van der Waals surface area (Å²) in [6, 6.07) is 12.5. The third-order valence-electron chi connectivity index (χ3n) is 6.57. The minimum Gasteiger partial charge on any atom is -0.495 e. The number of anilines is 2. The number of thiazole rings is 1. The Balaban J connectivity index is 0.00000186. The van der Waals surface area contributed by atoms with E-state index in [1.165, 1.54) is 18.4 Å². The van der Waals surface area contributed by atoms with Crippen LogP contribution in [0, 0.1) is 19.8 Å². The van der Waals surface area contributed by atoms with Crippen molar-refractivity contribution in [2.45, 2.75) is 51.0 Å². The molecule has 2 aromatic carbocycles. The van der Waals surface area contributed by atoms with Gasteiger partial charge in [0.1, 0.15) is 10.6 Å². The minimum atomic E-state index is -3.88. The van der Waals surface area contributed by atoms with E-state index >= 15 is 0 Å². The lowest BCUT2D eigenvalue weighted by molar-refractivity contribution is 0.0491. The van der Waals surface area contributed by atoms with E-state index in [2.05, 4.69) is 47.2 Å². The zero-order valence-corrected chi connectivity index (χ0v) is 25.2. The first-order valence-corrected chi connectivity index (χ1v) is 15.8. The fourth-order valence-corrected chi connectivity index (χ4v) is 6.88. The van der Waals surface area contributed by atoms with E-state index in [9.17, 15) is 8.42 Å². The van der Waals surface area contributed by atoms with Crippen molar-refractivity contribution >= 4 is 55.5 Å². The molecule has 1 fully saturated rings. The van der Waals surface area contributed by atoms with Crippen LogP contribution >= 0.6 is 34.7 Å². The fourth-order valence-electron chi connectivity index (χ4n) is 4.43. The Morgan fingerprint density at radius 2 is 1.78 bits per heavy atom. The van der Waals surface area contributed by atoms with E-state index in [1.807, 2.05) is 32.0 Å². The largest absolute Gasteiger partial charge is 0.495 e. The number of hydrogen-bond donors (Lipinski definition) is 4. The van der Waals surface area contributed by atoms with Gasteiger partial charge in [0.15, 0.2) is 5.13 Å².